The summed E-state index contributed by atoms with van der Waals surface area (Å²) in [5.41, 5.74) is 0. The van der Waals surface area contributed by atoms with Crippen molar-refractivity contribution in [2.75, 3.05) is 6.54 Å². The van der Waals surface area contributed by atoms with Crippen LogP contribution < -0.4 is 14.9 Å². The zero-order chi connectivity index (χ0) is 25.3. The van der Waals surface area contributed by atoms with E-state index in [1.807, 2.05) is 6.07 Å². The summed E-state index contributed by atoms with van der Waals surface area (Å²) in [6.07, 6.45) is 4.16. The van der Waals surface area contributed by atoms with E-state index in [9.17, 15) is 14.4 Å². The van der Waals surface area contributed by atoms with Crippen molar-refractivity contribution in [1.82, 2.24) is 15.3 Å². The van der Waals surface area contributed by atoms with Gasteiger partial charge in [-0.15, -0.1) is 6.42 Å². The summed E-state index contributed by atoms with van der Waals surface area (Å²) >= 11 is 5.78. The summed E-state index contributed by atoms with van der Waals surface area (Å²) in [6, 6.07) is 7.61. The van der Waals surface area contributed by atoms with Crippen LogP contribution in [0.1, 0.15) is 27.2 Å². The Morgan fingerprint density at radius 3 is 2.66 bits per heavy atom. The van der Waals surface area contributed by atoms with E-state index >= 15 is 0 Å². The lowest BCUT2D eigenvalue weighted by molar-refractivity contribution is -0.149. The highest BCUT2D eigenvalue weighted by molar-refractivity contribution is 8.09. The van der Waals surface area contributed by atoms with Crippen LogP contribution in [0.4, 0.5) is 4.79 Å². The van der Waals surface area contributed by atoms with Crippen molar-refractivity contribution in [3.63, 3.8) is 0 Å². The monoisotopic (exact) mass is 521 g/mol. The molecule has 1 aromatic rings. The molecule has 2 heterocycles. The summed E-state index contributed by atoms with van der Waals surface area (Å²) in [5.74, 6) is 1.73. The molecule has 7 unspecified atom stereocenters. The van der Waals surface area contributed by atoms with Gasteiger partial charge >= 0.3 is 18.6 Å². The van der Waals surface area contributed by atoms with Crippen LogP contribution in [-0.2, 0) is 35.4 Å². The molecule has 4 rings (SSSR count). The molecule has 1 aromatic carbocycles. The second-order valence-corrected chi connectivity index (χ2v) is 12.0. The number of para-hydroxylation sites is 1. The molecule has 12 heteroatoms. The minimum absolute atomic E-state index is 0.179. The van der Waals surface area contributed by atoms with Crippen LogP contribution >= 0.6 is 6.64 Å². The number of hydrogen-bond donors (Lipinski definition) is 2. The molecule has 0 bridgehead atoms. The molecular weight excluding hydrogens is 493 g/mol. The number of ether oxygens (including phenoxy) is 2. The highest BCUT2D eigenvalue weighted by Crippen LogP contribution is 2.59. The van der Waals surface area contributed by atoms with Crippen LogP contribution in [0.5, 0.6) is 5.75 Å². The van der Waals surface area contributed by atoms with Crippen molar-refractivity contribution >= 4 is 36.4 Å². The summed E-state index contributed by atoms with van der Waals surface area (Å²) < 4.78 is 23.7. The number of fused-ring (bicyclic) bond motifs is 1. The average molecular weight is 522 g/mol. The van der Waals surface area contributed by atoms with Crippen molar-refractivity contribution in [3.8, 4) is 18.1 Å². The Balaban J connectivity index is 1.47. The molecule has 3 fully saturated rings. The Bertz CT molecular complexity index is 1080. The van der Waals surface area contributed by atoms with Crippen molar-refractivity contribution in [2.45, 2.75) is 57.8 Å². The Labute approximate surface area is 209 Å². The molecule has 188 valence electrons. The van der Waals surface area contributed by atoms with Crippen LogP contribution in [0.2, 0.25) is 0 Å². The molecule has 3 amide bonds. The maximum Gasteiger partial charge on any atom is 0.326 e. The summed E-state index contributed by atoms with van der Waals surface area (Å²) in [4.78, 5) is 37.6. The van der Waals surface area contributed by atoms with E-state index in [0.29, 0.717) is 5.75 Å². The Morgan fingerprint density at radius 2 is 2.03 bits per heavy atom. The molecule has 3 aliphatic rings. The number of nitrogens with zero attached hydrogens (tertiary/aromatic N) is 1. The standard InChI is InChI=1S/C23H28N3O7PS/c1-5-16-18-19(31-21(16)26-12-11-17(27)24-23(26)29)20(18)33-34(35,32-15-9-7-6-8-10-15)25-14(4)22(28)30-13(2)3/h1,6-10,13-14,16,18-21H,11-12H2,2-4H3,(H,25,35)(H,24,27,29). The fourth-order valence-corrected chi connectivity index (χ4v) is 6.93. The molecule has 7 atom stereocenters. The van der Waals surface area contributed by atoms with Gasteiger partial charge in [-0.25, -0.2) is 9.88 Å². The number of nitrogens with one attached hydrogen (secondary N) is 2. The number of urea groups is 1. The first-order chi connectivity index (χ1) is 16.6. The fraction of sp³-hybridized carbons (Fsp3) is 0.522. The van der Waals surface area contributed by atoms with Crippen LogP contribution in [-0.4, -0.2) is 59.9 Å². The van der Waals surface area contributed by atoms with E-state index in [1.165, 1.54) is 4.90 Å². The van der Waals surface area contributed by atoms with E-state index < -0.39 is 49.0 Å². The normalized spacial score (nSPS) is 30.0. The highest BCUT2D eigenvalue weighted by Gasteiger charge is 2.67. The van der Waals surface area contributed by atoms with Crippen molar-refractivity contribution in [3.05, 3.63) is 30.3 Å². The first-order valence-electron chi connectivity index (χ1n) is 11.4. The maximum absolute atomic E-state index is 12.4. The summed E-state index contributed by atoms with van der Waals surface area (Å²) in [7, 11) is 0. The molecular formula is C23H28N3O7PS. The average Bonchev–Trinajstić information content (AvgIpc) is 3.28. The van der Waals surface area contributed by atoms with Gasteiger partial charge < -0.3 is 18.5 Å². The van der Waals surface area contributed by atoms with Crippen molar-refractivity contribution < 1.29 is 32.9 Å². The van der Waals surface area contributed by atoms with Gasteiger partial charge in [-0.05, 0) is 44.7 Å². The lowest BCUT2D eigenvalue weighted by Crippen LogP contribution is -2.55. The highest BCUT2D eigenvalue weighted by atomic mass is 32.5. The third-order valence-corrected chi connectivity index (χ3v) is 8.31. The quantitative estimate of drug-likeness (QED) is 0.287. The molecule has 35 heavy (non-hydrogen) atoms. The van der Waals surface area contributed by atoms with E-state index in [1.54, 1.807) is 45.0 Å². The van der Waals surface area contributed by atoms with E-state index in [2.05, 4.69) is 16.3 Å². The lowest BCUT2D eigenvalue weighted by atomic mass is 10.0. The van der Waals surface area contributed by atoms with Gasteiger partial charge in [0.05, 0.1) is 18.1 Å². The largest absolute Gasteiger partial charge is 0.462 e. The van der Waals surface area contributed by atoms with Crippen LogP contribution in [0.25, 0.3) is 0 Å². The zero-order valence-electron chi connectivity index (χ0n) is 19.6. The van der Waals surface area contributed by atoms with Crippen molar-refractivity contribution in [2.24, 2.45) is 11.8 Å². The fourth-order valence-electron chi connectivity index (χ4n) is 4.18. The van der Waals surface area contributed by atoms with Gasteiger partial charge in [-0.1, -0.05) is 24.1 Å². The molecule has 2 aliphatic heterocycles. The number of hydrogen-bond acceptors (Lipinski definition) is 8. The van der Waals surface area contributed by atoms with Gasteiger partial charge in [0.1, 0.15) is 24.1 Å². The number of carbonyl (C=O) groups is 3. The zero-order valence-corrected chi connectivity index (χ0v) is 21.3. The molecule has 2 saturated heterocycles. The maximum atomic E-state index is 12.4. The molecule has 1 saturated carbocycles. The van der Waals surface area contributed by atoms with E-state index in [0.717, 1.165) is 0 Å². The second kappa shape index (κ2) is 10.2. The number of benzene rings is 1. The van der Waals surface area contributed by atoms with Gasteiger partial charge in [-0.2, -0.15) is 0 Å². The molecule has 0 radical (unpaired) electrons. The third kappa shape index (κ3) is 5.68. The van der Waals surface area contributed by atoms with Gasteiger partial charge in [0, 0.05) is 18.9 Å². The molecule has 0 spiro atoms. The predicted octanol–water partition coefficient (Wildman–Crippen LogP) is 2.15. The van der Waals surface area contributed by atoms with Crippen molar-refractivity contribution in [1.29, 1.82) is 0 Å². The topological polar surface area (TPSA) is 115 Å². The Kier molecular flexibility index (Phi) is 7.50. The number of carbonyl (C=O) groups excluding carboxylic acids is 3. The van der Waals surface area contributed by atoms with E-state index in [4.69, 9.17) is 36.8 Å². The minimum atomic E-state index is -3.26. The van der Waals surface area contributed by atoms with E-state index in [-0.39, 0.29) is 30.9 Å². The van der Waals surface area contributed by atoms with Gasteiger partial charge in [0.25, 0.3) is 0 Å². The minimum Gasteiger partial charge on any atom is -0.462 e. The number of esters is 1. The number of rotatable bonds is 9. The van der Waals surface area contributed by atoms with Gasteiger partial charge in [-0.3, -0.25) is 19.8 Å². The molecule has 1 aliphatic carbocycles. The smallest absolute Gasteiger partial charge is 0.326 e. The van der Waals surface area contributed by atoms with Gasteiger partial charge in [0.2, 0.25) is 5.91 Å². The van der Waals surface area contributed by atoms with Crippen LogP contribution in [0, 0.1) is 24.2 Å². The third-order valence-electron chi connectivity index (χ3n) is 5.83. The SMILES string of the molecule is C#CC1C2C(OC1N1CCC(=O)NC1=O)C2OP(=S)(NC(C)C(=O)OC(C)C)Oc1ccccc1. The predicted molar refractivity (Wildman–Crippen MR) is 129 cm³/mol. The number of amides is 3. The number of imide groups is 1. The molecule has 0 aromatic heterocycles. The first kappa shape index (κ1) is 25.6. The lowest BCUT2D eigenvalue weighted by Gasteiger charge is -2.35. The summed E-state index contributed by atoms with van der Waals surface area (Å²) in [5, 5.41) is 5.30. The van der Waals surface area contributed by atoms with Crippen LogP contribution in [0.3, 0.4) is 0 Å². The molecule has 10 nitrogen and oxygen atoms in total. The first-order valence-corrected chi connectivity index (χ1v) is 14.0. The molecule has 2 N–H and O–H groups in total. The second-order valence-electron chi connectivity index (χ2n) is 8.87. The van der Waals surface area contributed by atoms with Crippen LogP contribution in [0.15, 0.2) is 30.3 Å². The number of terminal acetylenes is 1. The Morgan fingerprint density at radius 1 is 1.31 bits per heavy atom. The van der Waals surface area contributed by atoms with Gasteiger partial charge in [0.15, 0.2) is 0 Å². The Hall–Kier alpha value is -2.48. The summed E-state index contributed by atoms with van der Waals surface area (Å²) in [6.45, 7) is 2.12.